The van der Waals surface area contributed by atoms with Crippen LogP contribution in [0, 0.1) is 13.8 Å². The van der Waals surface area contributed by atoms with Gasteiger partial charge in [0.2, 0.25) is 0 Å². The normalized spacial score (nSPS) is 10.0. The number of methoxy groups -OCH3 is 1. The first kappa shape index (κ1) is 11.1. The van der Waals surface area contributed by atoms with Gasteiger partial charge in [0.15, 0.2) is 0 Å². The Morgan fingerprint density at radius 3 is 2.50 bits per heavy atom. The molecule has 1 aromatic rings. The third-order valence-electron chi connectivity index (χ3n) is 2.23. The van der Waals surface area contributed by atoms with E-state index in [0.717, 1.165) is 16.7 Å². The van der Waals surface area contributed by atoms with Gasteiger partial charge in [-0.25, -0.2) is 0 Å². The van der Waals surface area contributed by atoms with Crippen molar-refractivity contribution in [3.05, 3.63) is 33.8 Å². The Labute approximate surface area is 88.8 Å². The number of halogens is 1. The smallest absolute Gasteiger partial charge is 0.310 e. The summed E-state index contributed by atoms with van der Waals surface area (Å²) in [5, 5.41) is 0.624. The molecule has 0 N–H and O–H groups in total. The van der Waals surface area contributed by atoms with Gasteiger partial charge in [-0.15, -0.1) is 0 Å². The number of ether oxygens (including phenoxy) is 1. The van der Waals surface area contributed by atoms with Crippen LogP contribution in [0.25, 0.3) is 0 Å². The largest absolute Gasteiger partial charge is 0.469 e. The van der Waals surface area contributed by atoms with Gasteiger partial charge in [-0.2, -0.15) is 0 Å². The van der Waals surface area contributed by atoms with E-state index in [1.165, 1.54) is 7.11 Å². The Kier molecular flexibility index (Phi) is 3.53. The maximum atomic E-state index is 11.0. The van der Waals surface area contributed by atoms with Crippen molar-refractivity contribution in [2.24, 2.45) is 0 Å². The van der Waals surface area contributed by atoms with Crippen LogP contribution in [-0.2, 0) is 16.0 Å². The van der Waals surface area contributed by atoms with Gasteiger partial charge in [0, 0.05) is 5.02 Å². The number of hydrogen-bond acceptors (Lipinski definition) is 2. The van der Waals surface area contributed by atoms with Crippen molar-refractivity contribution in [3.63, 3.8) is 0 Å². The van der Waals surface area contributed by atoms with E-state index < -0.39 is 0 Å². The summed E-state index contributed by atoms with van der Waals surface area (Å²) in [6.07, 6.45) is 0.233. The van der Waals surface area contributed by atoms with E-state index in [9.17, 15) is 4.79 Å². The zero-order valence-corrected chi connectivity index (χ0v) is 9.31. The molecule has 0 fully saturated rings. The molecule has 2 nitrogen and oxygen atoms in total. The van der Waals surface area contributed by atoms with Gasteiger partial charge in [0.05, 0.1) is 13.5 Å². The maximum absolute atomic E-state index is 11.0. The fourth-order valence-electron chi connectivity index (χ4n) is 1.20. The first-order chi connectivity index (χ1) is 6.54. The molecule has 0 unspecified atom stereocenters. The van der Waals surface area contributed by atoms with Crippen LogP contribution in [-0.4, -0.2) is 13.1 Å². The minimum Gasteiger partial charge on any atom is -0.469 e. The molecule has 76 valence electrons. The number of hydrogen-bond donors (Lipinski definition) is 0. The van der Waals surface area contributed by atoms with Crippen LogP contribution in [0.4, 0.5) is 0 Å². The number of aryl methyl sites for hydroxylation is 2. The molecule has 0 atom stereocenters. The Bertz CT molecular complexity index is 359. The molecular weight excluding hydrogens is 200 g/mol. The molecule has 0 radical (unpaired) electrons. The highest BCUT2D eigenvalue weighted by molar-refractivity contribution is 6.31. The van der Waals surface area contributed by atoms with Gasteiger partial charge < -0.3 is 4.74 Å². The molecule has 14 heavy (non-hydrogen) atoms. The SMILES string of the molecule is COC(=O)Cc1cc(C)c(C)cc1Cl. The van der Waals surface area contributed by atoms with Gasteiger partial charge in [0.1, 0.15) is 0 Å². The predicted octanol–water partition coefficient (Wildman–Crippen LogP) is 2.67. The Morgan fingerprint density at radius 2 is 1.93 bits per heavy atom. The van der Waals surface area contributed by atoms with Gasteiger partial charge in [-0.1, -0.05) is 17.7 Å². The fourth-order valence-corrected chi connectivity index (χ4v) is 1.49. The van der Waals surface area contributed by atoms with E-state index in [2.05, 4.69) is 4.74 Å². The summed E-state index contributed by atoms with van der Waals surface area (Å²) in [6, 6.07) is 3.80. The number of esters is 1. The minimum absolute atomic E-state index is 0.233. The third-order valence-corrected chi connectivity index (χ3v) is 2.58. The molecule has 0 amide bonds. The standard InChI is InChI=1S/C11H13ClO2/c1-7-4-9(6-11(13)14-3)10(12)5-8(7)2/h4-5H,6H2,1-3H3. The van der Waals surface area contributed by atoms with Crippen molar-refractivity contribution in [1.29, 1.82) is 0 Å². The van der Waals surface area contributed by atoms with Crippen molar-refractivity contribution >= 4 is 17.6 Å². The highest BCUT2D eigenvalue weighted by Gasteiger charge is 2.08. The fraction of sp³-hybridized carbons (Fsp3) is 0.364. The molecule has 0 bridgehead atoms. The third kappa shape index (κ3) is 2.48. The van der Waals surface area contributed by atoms with Crippen molar-refractivity contribution in [2.45, 2.75) is 20.3 Å². The molecule has 0 aliphatic heterocycles. The van der Waals surface area contributed by atoms with Crippen molar-refractivity contribution < 1.29 is 9.53 Å². The lowest BCUT2D eigenvalue weighted by Crippen LogP contribution is -2.05. The van der Waals surface area contributed by atoms with E-state index in [0.29, 0.717) is 5.02 Å². The van der Waals surface area contributed by atoms with E-state index in [1.54, 1.807) is 0 Å². The van der Waals surface area contributed by atoms with Gasteiger partial charge in [0.25, 0.3) is 0 Å². The molecule has 0 aliphatic carbocycles. The maximum Gasteiger partial charge on any atom is 0.310 e. The molecule has 0 aliphatic rings. The highest BCUT2D eigenvalue weighted by atomic mass is 35.5. The number of rotatable bonds is 2. The van der Waals surface area contributed by atoms with E-state index >= 15 is 0 Å². The second kappa shape index (κ2) is 4.47. The van der Waals surface area contributed by atoms with E-state index in [1.807, 2.05) is 26.0 Å². The summed E-state index contributed by atoms with van der Waals surface area (Å²) < 4.78 is 4.58. The molecule has 0 heterocycles. The lowest BCUT2D eigenvalue weighted by Gasteiger charge is -2.07. The molecule has 1 aromatic carbocycles. The van der Waals surface area contributed by atoms with Crippen LogP contribution in [0.3, 0.4) is 0 Å². The van der Waals surface area contributed by atoms with Crippen LogP contribution >= 0.6 is 11.6 Å². The van der Waals surface area contributed by atoms with Crippen LogP contribution < -0.4 is 0 Å². The number of carbonyl (C=O) groups excluding carboxylic acids is 1. The topological polar surface area (TPSA) is 26.3 Å². The minimum atomic E-state index is -0.268. The first-order valence-corrected chi connectivity index (χ1v) is 4.75. The molecule has 0 saturated heterocycles. The molecule has 0 saturated carbocycles. The average Bonchev–Trinajstić information content (AvgIpc) is 2.14. The summed E-state index contributed by atoms with van der Waals surface area (Å²) in [5.74, 6) is -0.268. The second-order valence-corrected chi connectivity index (χ2v) is 3.69. The van der Waals surface area contributed by atoms with Crippen LogP contribution in [0.2, 0.25) is 5.02 Å². The first-order valence-electron chi connectivity index (χ1n) is 4.37. The molecule has 1 rings (SSSR count). The summed E-state index contributed by atoms with van der Waals surface area (Å²) in [6.45, 7) is 3.98. The van der Waals surface area contributed by atoms with Gasteiger partial charge in [-0.05, 0) is 36.6 Å². The number of benzene rings is 1. The molecular formula is C11H13ClO2. The zero-order chi connectivity index (χ0) is 10.7. The molecule has 0 spiro atoms. The van der Waals surface area contributed by atoms with Crippen LogP contribution in [0.1, 0.15) is 16.7 Å². The lowest BCUT2D eigenvalue weighted by molar-refractivity contribution is -0.139. The highest BCUT2D eigenvalue weighted by Crippen LogP contribution is 2.21. The Morgan fingerprint density at radius 1 is 1.36 bits per heavy atom. The quantitative estimate of drug-likeness (QED) is 0.705. The predicted molar refractivity (Wildman–Crippen MR) is 56.6 cm³/mol. The number of carbonyl (C=O) groups is 1. The van der Waals surface area contributed by atoms with Gasteiger partial charge in [-0.3, -0.25) is 4.79 Å². The van der Waals surface area contributed by atoms with Crippen molar-refractivity contribution in [3.8, 4) is 0 Å². The van der Waals surface area contributed by atoms with E-state index in [-0.39, 0.29) is 12.4 Å². The second-order valence-electron chi connectivity index (χ2n) is 3.28. The van der Waals surface area contributed by atoms with Crippen LogP contribution in [0.5, 0.6) is 0 Å². The summed E-state index contributed by atoms with van der Waals surface area (Å²) in [5.41, 5.74) is 3.08. The zero-order valence-electron chi connectivity index (χ0n) is 8.56. The van der Waals surface area contributed by atoms with Crippen LogP contribution in [0.15, 0.2) is 12.1 Å². The lowest BCUT2D eigenvalue weighted by atomic mass is 10.0. The summed E-state index contributed by atoms with van der Waals surface area (Å²) >= 11 is 5.99. The van der Waals surface area contributed by atoms with E-state index in [4.69, 9.17) is 11.6 Å². The average molecular weight is 213 g/mol. The van der Waals surface area contributed by atoms with Gasteiger partial charge >= 0.3 is 5.97 Å². The molecule has 0 aromatic heterocycles. The Balaban J connectivity index is 2.98. The van der Waals surface area contributed by atoms with Crippen molar-refractivity contribution in [2.75, 3.05) is 7.11 Å². The Hall–Kier alpha value is -1.02. The molecule has 3 heteroatoms. The monoisotopic (exact) mass is 212 g/mol. The summed E-state index contributed by atoms with van der Waals surface area (Å²) in [4.78, 5) is 11.0. The van der Waals surface area contributed by atoms with Crippen molar-refractivity contribution in [1.82, 2.24) is 0 Å². The summed E-state index contributed by atoms with van der Waals surface area (Å²) in [7, 11) is 1.37.